The van der Waals surface area contributed by atoms with E-state index in [-0.39, 0.29) is 11.5 Å². The number of nitrogens with two attached hydrogens (primary N) is 1. The molecule has 1 aliphatic rings. The smallest absolute Gasteiger partial charge is 0.218 e. The normalized spacial score (nSPS) is 19.7. The fourth-order valence-electron chi connectivity index (χ4n) is 2.06. The average molecular weight is 227 g/mol. The Balaban J connectivity index is 2.44. The predicted molar refractivity (Wildman–Crippen MR) is 60.4 cm³/mol. The average Bonchev–Trinajstić information content (AvgIpc) is 2.98. The van der Waals surface area contributed by atoms with Gasteiger partial charge in [0.1, 0.15) is 5.15 Å². The Bertz CT molecular complexity index is 375. The zero-order chi connectivity index (χ0) is 11.1. The van der Waals surface area contributed by atoms with E-state index in [1.165, 1.54) is 0 Å². The van der Waals surface area contributed by atoms with Crippen LogP contribution in [0.2, 0.25) is 5.15 Å². The number of methoxy groups -OCH3 is 1. The minimum absolute atomic E-state index is 0.0585. The molecule has 0 aliphatic heterocycles. The van der Waals surface area contributed by atoms with Crippen LogP contribution in [-0.4, -0.2) is 18.1 Å². The zero-order valence-electron chi connectivity index (χ0n) is 8.96. The molecule has 1 aliphatic carbocycles. The fourth-order valence-corrected chi connectivity index (χ4v) is 2.20. The highest BCUT2D eigenvalue weighted by Gasteiger charge is 2.49. The molecule has 1 aromatic heterocycles. The van der Waals surface area contributed by atoms with Crippen molar-refractivity contribution in [3.63, 3.8) is 0 Å². The van der Waals surface area contributed by atoms with E-state index in [2.05, 4.69) is 4.98 Å². The molecule has 0 bridgehead atoms. The van der Waals surface area contributed by atoms with Gasteiger partial charge in [-0.1, -0.05) is 11.6 Å². The maximum Gasteiger partial charge on any atom is 0.218 e. The van der Waals surface area contributed by atoms with Crippen LogP contribution in [0.25, 0.3) is 0 Å². The second-order valence-electron chi connectivity index (χ2n) is 4.14. The van der Waals surface area contributed by atoms with Gasteiger partial charge in [-0.25, -0.2) is 4.98 Å². The number of hydrogen-bond donors (Lipinski definition) is 1. The summed E-state index contributed by atoms with van der Waals surface area (Å²) in [7, 11) is 1.61. The van der Waals surface area contributed by atoms with E-state index in [1.807, 2.05) is 13.0 Å². The number of rotatable bonds is 3. The number of nitrogens with zero attached hydrogens (tertiary/aromatic N) is 1. The number of pyridine rings is 1. The molecule has 1 aromatic rings. The minimum atomic E-state index is 0.0585. The molecule has 2 N–H and O–H groups in total. The Morgan fingerprint density at radius 1 is 1.53 bits per heavy atom. The molecule has 0 radical (unpaired) electrons. The van der Waals surface area contributed by atoms with Crippen LogP contribution in [0.4, 0.5) is 0 Å². The second-order valence-corrected chi connectivity index (χ2v) is 4.52. The van der Waals surface area contributed by atoms with Crippen molar-refractivity contribution in [2.75, 3.05) is 7.11 Å². The standard InChI is InChI=1S/C11H15ClN2O/c1-7(13)11(5-6-11)8-3-4-9(12)14-10(8)15-2/h3-4,7H,5-6,13H2,1-2H3. The minimum Gasteiger partial charge on any atom is -0.481 e. The Morgan fingerprint density at radius 2 is 2.20 bits per heavy atom. The fraction of sp³-hybridized carbons (Fsp3) is 0.545. The van der Waals surface area contributed by atoms with E-state index in [9.17, 15) is 0 Å². The van der Waals surface area contributed by atoms with Crippen LogP contribution in [0.15, 0.2) is 12.1 Å². The molecule has 1 unspecified atom stereocenters. The van der Waals surface area contributed by atoms with Gasteiger partial charge in [-0.05, 0) is 31.9 Å². The van der Waals surface area contributed by atoms with Gasteiger partial charge in [0.2, 0.25) is 5.88 Å². The third-order valence-corrected chi connectivity index (χ3v) is 3.43. The maximum absolute atomic E-state index is 6.01. The highest BCUT2D eigenvalue weighted by Crippen LogP contribution is 2.52. The van der Waals surface area contributed by atoms with Gasteiger partial charge in [0.15, 0.2) is 0 Å². The third-order valence-electron chi connectivity index (χ3n) is 3.22. The monoisotopic (exact) mass is 226 g/mol. The predicted octanol–water partition coefficient (Wildman–Crippen LogP) is 2.12. The van der Waals surface area contributed by atoms with Crippen molar-refractivity contribution in [1.29, 1.82) is 0 Å². The largest absolute Gasteiger partial charge is 0.481 e. The summed E-state index contributed by atoms with van der Waals surface area (Å²) in [6.07, 6.45) is 2.20. The summed E-state index contributed by atoms with van der Waals surface area (Å²) in [6, 6.07) is 3.89. The number of aromatic nitrogens is 1. The van der Waals surface area contributed by atoms with Crippen LogP contribution in [0.3, 0.4) is 0 Å². The summed E-state index contributed by atoms with van der Waals surface area (Å²) in [5.41, 5.74) is 7.16. The summed E-state index contributed by atoms with van der Waals surface area (Å²) in [6.45, 7) is 2.03. The van der Waals surface area contributed by atoms with Crippen LogP contribution >= 0.6 is 11.6 Å². The molecule has 4 heteroatoms. The summed E-state index contributed by atoms with van der Waals surface area (Å²) in [5, 5.41) is 0.455. The highest BCUT2D eigenvalue weighted by molar-refractivity contribution is 6.29. The molecule has 1 atom stereocenters. The van der Waals surface area contributed by atoms with E-state index in [0.717, 1.165) is 18.4 Å². The first-order valence-electron chi connectivity index (χ1n) is 5.07. The third kappa shape index (κ3) is 1.70. The number of halogens is 1. The van der Waals surface area contributed by atoms with Crippen molar-refractivity contribution in [3.8, 4) is 5.88 Å². The van der Waals surface area contributed by atoms with E-state index in [1.54, 1.807) is 13.2 Å². The van der Waals surface area contributed by atoms with Crippen LogP contribution in [0.1, 0.15) is 25.3 Å². The van der Waals surface area contributed by atoms with E-state index >= 15 is 0 Å². The molecule has 1 heterocycles. The lowest BCUT2D eigenvalue weighted by atomic mass is 9.90. The summed E-state index contributed by atoms with van der Waals surface area (Å²) >= 11 is 5.82. The Labute approximate surface area is 94.6 Å². The summed E-state index contributed by atoms with van der Waals surface area (Å²) in [5.74, 6) is 0.609. The number of ether oxygens (including phenoxy) is 1. The molecule has 0 spiro atoms. The van der Waals surface area contributed by atoms with E-state index in [0.29, 0.717) is 11.0 Å². The van der Waals surface area contributed by atoms with Crippen molar-refractivity contribution < 1.29 is 4.74 Å². The molecule has 0 saturated heterocycles. The molecule has 1 saturated carbocycles. The molecule has 0 amide bonds. The lowest BCUT2D eigenvalue weighted by molar-refractivity contribution is 0.382. The van der Waals surface area contributed by atoms with Crippen molar-refractivity contribution in [2.45, 2.75) is 31.2 Å². The lowest BCUT2D eigenvalue weighted by Crippen LogP contribution is -2.32. The summed E-state index contributed by atoms with van der Waals surface area (Å²) < 4.78 is 5.25. The second kappa shape index (κ2) is 3.65. The number of hydrogen-bond acceptors (Lipinski definition) is 3. The first-order chi connectivity index (χ1) is 7.10. The van der Waals surface area contributed by atoms with Crippen molar-refractivity contribution >= 4 is 11.6 Å². The Kier molecular flexibility index (Phi) is 2.61. The molecular weight excluding hydrogens is 212 g/mol. The molecule has 1 fully saturated rings. The van der Waals surface area contributed by atoms with Gasteiger partial charge >= 0.3 is 0 Å². The Morgan fingerprint density at radius 3 is 2.67 bits per heavy atom. The van der Waals surface area contributed by atoms with Crippen LogP contribution in [0.5, 0.6) is 5.88 Å². The van der Waals surface area contributed by atoms with Crippen molar-refractivity contribution in [3.05, 3.63) is 22.8 Å². The molecule has 15 heavy (non-hydrogen) atoms. The quantitative estimate of drug-likeness (QED) is 0.804. The van der Waals surface area contributed by atoms with Gasteiger partial charge in [0.05, 0.1) is 7.11 Å². The first-order valence-corrected chi connectivity index (χ1v) is 5.44. The van der Waals surface area contributed by atoms with Gasteiger partial charge in [-0.15, -0.1) is 0 Å². The van der Waals surface area contributed by atoms with Gasteiger partial charge < -0.3 is 10.5 Å². The lowest BCUT2D eigenvalue weighted by Gasteiger charge is -2.21. The van der Waals surface area contributed by atoms with Crippen LogP contribution in [-0.2, 0) is 5.41 Å². The Hall–Kier alpha value is -0.800. The topological polar surface area (TPSA) is 48.1 Å². The first kappa shape index (κ1) is 10.7. The van der Waals surface area contributed by atoms with Crippen LogP contribution in [0, 0.1) is 0 Å². The molecule has 2 rings (SSSR count). The maximum atomic E-state index is 6.01. The zero-order valence-corrected chi connectivity index (χ0v) is 9.71. The van der Waals surface area contributed by atoms with Crippen molar-refractivity contribution in [2.24, 2.45) is 5.73 Å². The van der Waals surface area contributed by atoms with Gasteiger partial charge in [0, 0.05) is 17.0 Å². The molecule has 0 aromatic carbocycles. The molecular formula is C11H15ClN2O. The molecule has 82 valence electrons. The summed E-state index contributed by atoms with van der Waals surface area (Å²) in [4.78, 5) is 4.17. The van der Waals surface area contributed by atoms with E-state index in [4.69, 9.17) is 22.1 Å². The van der Waals surface area contributed by atoms with Crippen molar-refractivity contribution in [1.82, 2.24) is 4.98 Å². The van der Waals surface area contributed by atoms with Gasteiger partial charge in [0.25, 0.3) is 0 Å². The van der Waals surface area contributed by atoms with E-state index < -0.39 is 0 Å². The SMILES string of the molecule is COc1nc(Cl)ccc1C1(C(C)N)CC1. The molecule has 3 nitrogen and oxygen atoms in total. The van der Waals surface area contributed by atoms with Gasteiger partial charge in [-0.2, -0.15) is 0 Å². The van der Waals surface area contributed by atoms with Crippen LogP contribution < -0.4 is 10.5 Å². The highest BCUT2D eigenvalue weighted by atomic mass is 35.5. The van der Waals surface area contributed by atoms with Gasteiger partial charge in [-0.3, -0.25) is 0 Å².